The Morgan fingerprint density at radius 3 is 3.11 bits per heavy atom. The number of rotatable bonds is 1. The molecule has 96 valence electrons. The van der Waals surface area contributed by atoms with Crippen molar-refractivity contribution in [1.29, 1.82) is 0 Å². The molecule has 3 heterocycles. The molecule has 2 aromatic rings. The van der Waals surface area contributed by atoms with E-state index in [1.807, 2.05) is 0 Å². The molecule has 0 saturated carbocycles. The Hall–Kier alpha value is -1.46. The van der Waals surface area contributed by atoms with Crippen molar-refractivity contribution >= 4 is 34.0 Å². The molecule has 5 N–H and O–H groups in total. The molecule has 0 amide bonds. The third-order valence-electron chi connectivity index (χ3n) is 3.43. The predicted molar refractivity (Wildman–Crippen MR) is 74.9 cm³/mol. The van der Waals surface area contributed by atoms with E-state index in [0.717, 1.165) is 42.7 Å². The molecular formula is C12H16ClN5. The van der Waals surface area contributed by atoms with E-state index in [9.17, 15) is 0 Å². The highest BCUT2D eigenvalue weighted by Gasteiger charge is 2.22. The number of nitrogens with one attached hydrogen (secondary N) is 1. The molecule has 2 aromatic heterocycles. The molecule has 18 heavy (non-hydrogen) atoms. The van der Waals surface area contributed by atoms with Crippen molar-refractivity contribution in [3.8, 4) is 0 Å². The Morgan fingerprint density at radius 2 is 2.33 bits per heavy atom. The molecule has 1 aliphatic heterocycles. The number of aromatic amines is 1. The second kappa shape index (κ2) is 4.33. The van der Waals surface area contributed by atoms with Crippen molar-refractivity contribution in [3.63, 3.8) is 0 Å². The van der Waals surface area contributed by atoms with Crippen molar-refractivity contribution in [2.45, 2.75) is 18.9 Å². The molecule has 1 atom stereocenters. The molecule has 1 aliphatic rings. The van der Waals surface area contributed by atoms with Gasteiger partial charge in [0, 0.05) is 25.3 Å². The first-order valence-electron chi connectivity index (χ1n) is 6.08. The summed E-state index contributed by atoms with van der Waals surface area (Å²) in [6.45, 7) is 1.76. The van der Waals surface area contributed by atoms with Crippen LogP contribution in [0.3, 0.4) is 0 Å². The van der Waals surface area contributed by atoms with Crippen LogP contribution in [-0.4, -0.2) is 29.1 Å². The number of aromatic nitrogens is 2. The SMILES string of the molecule is Nc1c[nH]c2ncc(Cl)c(N3CCC[C@@H](N)C3)c12. The molecule has 0 spiro atoms. The molecule has 0 unspecified atom stereocenters. The van der Waals surface area contributed by atoms with Gasteiger partial charge in [-0.25, -0.2) is 4.98 Å². The van der Waals surface area contributed by atoms with Gasteiger partial charge in [0.05, 0.1) is 28.0 Å². The molecule has 1 saturated heterocycles. The van der Waals surface area contributed by atoms with Gasteiger partial charge in [-0.1, -0.05) is 11.6 Å². The summed E-state index contributed by atoms with van der Waals surface area (Å²) in [5.74, 6) is 0. The minimum atomic E-state index is 0.193. The summed E-state index contributed by atoms with van der Waals surface area (Å²) in [6.07, 6.45) is 5.55. The van der Waals surface area contributed by atoms with Crippen molar-refractivity contribution in [2.24, 2.45) is 5.73 Å². The molecule has 5 nitrogen and oxygen atoms in total. The van der Waals surface area contributed by atoms with E-state index in [2.05, 4.69) is 14.9 Å². The maximum Gasteiger partial charge on any atom is 0.141 e. The number of H-pyrrole nitrogens is 1. The number of piperidine rings is 1. The molecule has 3 rings (SSSR count). The van der Waals surface area contributed by atoms with Crippen LogP contribution >= 0.6 is 11.6 Å². The van der Waals surface area contributed by atoms with E-state index >= 15 is 0 Å². The predicted octanol–water partition coefficient (Wildman–Crippen LogP) is 1.73. The molecule has 0 aromatic carbocycles. The average molecular weight is 266 g/mol. The van der Waals surface area contributed by atoms with E-state index in [0.29, 0.717) is 10.7 Å². The van der Waals surface area contributed by atoms with Crippen LogP contribution in [0.15, 0.2) is 12.4 Å². The van der Waals surface area contributed by atoms with E-state index in [-0.39, 0.29) is 6.04 Å². The standard InChI is InChI=1S/C12H16ClN5/c13-8-4-16-12-10(9(15)5-17-12)11(8)18-3-1-2-7(14)6-18/h4-5,7H,1-3,6,14-15H2,(H,16,17)/t7-/m1/s1. The van der Waals surface area contributed by atoms with Crippen LogP contribution in [-0.2, 0) is 0 Å². The normalized spacial score (nSPS) is 20.6. The zero-order chi connectivity index (χ0) is 12.7. The number of nitrogens with zero attached hydrogens (tertiary/aromatic N) is 2. The zero-order valence-electron chi connectivity index (χ0n) is 9.99. The second-order valence-electron chi connectivity index (χ2n) is 4.77. The molecule has 6 heteroatoms. The largest absolute Gasteiger partial charge is 0.397 e. The first-order chi connectivity index (χ1) is 8.66. The lowest BCUT2D eigenvalue weighted by molar-refractivity contribution is 0.507. The minimum Gasteiger partial charge on any atom is -0.397 e. The van der Waals surface area contributed by atoms with Crippen LogP contribution < -0.4 is 16.4 Å². The smallest absolute Gasteiger partial charge is 0.141 e. The quantitative estimate of drug-likeness (QED) is 0.733. The number of nitrogens with two attached hydrogens (primary N) is 2. The average Bonchev–Trinajstić information content (AvgIpc) is 2.71. The van der Waals surface area contributed by atoms with Gasteiger partial charge in [0.2, 0.25) is 0 Å². The molecule has 0 radical (unpaired) electrons. The number of pyridine rings is 1. The summed E-state index contributed by atoms with van der Waals surface area (Å²) in [5, 5.41) is 1.53. The molecule has 0 bridgehead atoms. The second-order valence-corrected chi connectivity index (χ2v) is 5.18. The highest BCUT2D eigenvalue weighted by molar-refractivity contribution is 6.35. The third kappa shape index (κ3) is 1.79. The van der Waals surface area contributed by atoms with Gasteiger partial charge < -0.3 is 21.4 Å². The van der Waals surface area contributed by atoms with Crippen LogP contribution in [0.1, 0.15) is 12.8 Å². The van der Waals surface area contributed by atoms with Crippen molar-refractivity contribution in [2.75, 3.05) is 23.7 Å². The van der Waals surface area contributed by atoms with Gasteiger partial charge in [0.25, 0.3) is 0 Å². The number of halogens is 1. The Labute approximate surface area is 110 Å². The molecule has 1 fully saturated rings. The van der Waals surface area contributed by atoms with Crippen LogP contribution in [0, 0.1) is 0 Å². The first kappa shape index (κ1) is 11.6. The van der Waals surface area contributed by atoms with Crippen molar-refractivity contribution in [1.82, 2.24) is 9.97 Å². The summed E-state index contributed by atoms with van der Waals surface area (Å²) < 4.78 is 0. The summed E-state index contributed by atoms with van der Waals surface area (Å²) in [7, 11) is 0. The van der Waals surface area contributed by atoms with E-state index in [4.69, 9.17) is 23.1 Å². The van der Waals surface area contributed by atoms with Crippen LogP contribution in [0.5, 0.6) is 0 Å². The number of hydrogen-bond acceptors (Lipinski definition) is 4. The highest BCUT2D eigenvalue weighted by atomic mass is 35.5. The number of nitrogen functional groups attached to an aromatic ring is 1. The van der Waals surface area contributed by atoms with Gasteiger partial charge in [0.1, 0.15) is 5.65 Å². The maximum absolute atomic E-state index is 6.30. The Morgan fingerprint density at radius 1 is 1.50 bits per heavy atom. The lowest BCUT2D eigenvalue weighted by atomic mass is 10.1. The first-order valence-corrected chi connectivity index (χ1v) is 6.46. The Balaban J connectivity index is 2.14. The van der Waals surface area contributed by atoms with E-state index in [1.54, 1.807) is 12.4 Å². The van der Waals surface area contributed by atoms with E-state index < -0.39 is 0 Å². The van der Waals surface area contributed by atoms with Crippen LogP contribution in [0.2, 0.25) is 5.02 Å². The highest BCUT2D eigenvalue weighted by Crippen LogP contribution is 2.37. The van der Waals surface area contributed by atoms with Crippen molar-refractivity contribution in [3.05, 3.63) is 17.4 Å². The van der Waals surface area contributed by atoms with Crippen LogP contribution in [0.4, 0.5) is 11.4 Å². The topological polar surface area (TPSA) is 84.0 Å². The summed E-state index contributed by atoms with van der Waals surface area (Å²) in [5.41, 5.74) is 14.4. The van der Waals surface area contributed by atoms with Gasteiger partial charge in [-0.05, 0) is 12.8 Å². The number of anilines is 2. The number of fused-ring (bicyclic) bond motifs is 1. The lowest BCUT2D eigenvalue weighted by Crippen LogP contribution is -2.43. The maximum atomic E-state index is 6.30. The monoisotopic (exact) mass is 265 g/mol. The fourth-order valence-corrected chi connectivity index (χ4v) is 2.86. The zero-order valence-corrected chi connectivity index (χ0v) is 10.7. The van der Waals surface area contributed by atoms with Crippen LogP contribution in [0.25, 0.3) is 11.0 Å². The summed E-state index contributed by atoms with van der Waals surface area (Å²) >= 11 is 6.30. The summed E-state index contributed by atoms with van der Waals surface area (Å²) in [6, 6.07) is 0.193. The van der Waals surface area contributed by atoms with Gasteiger partial charge in [-0.15, -0.1) is 0 Å². The summed E-state index contributed by atoms with van der Waals surface area (Å²) in [4.78, 5) is 9.52. The minimum absolute atomic E-state index is 0.193. The number of hydrogen-bond donors (Lipinski definition) is 3. The molecular weight excluding hydrogens is 250 g/mol. The lowest BCUT2D eigenvalue weighted by Gasteiger charge is -2.33. The Bertz CT molecular complexity index is 579. The fourth-order valence-electron chi connectivity index (χ4n) is 2.60. The molecule has 0 aliphatic carbocycles. The Kier molecular flexibility index (Phi) is 2.80. The van der Waals surface area contributed by atoms with E-state index in [1.165, 1.54) is 0 Å². The van der Waals surface area contributed by atoms with Crippen molar-refractivity contribution < 1.29 is 0 Å². The fraction of sp³-hybridized carbons (Fsp3) is 0.417. The van der Waals surface area contributed by atoms with Gasteiger partial charge in [-0.2, -0.15) is 0 Å². The third-order valence-corrected chi connectivity index (χ3v) is 3.71. The van der Waals surface area contributed by atoms with Gasteiger partial charge in [0.15, 0.2) is 0 Å². The van der Waals surface area contributed by atoms with Gasteiger partial charge in [-0.3, -0.25) is 0 Å². The van der Waals surface area contributed by atoms with Gasteiger partial charge >= 0.3 is 0 Å².